The molecule has 0 bridgehead atoms. The van der Waals surface area contributed by atoms with E-state index in [1.54, 1.807) is 6.07 Å². The van der Waals surface area contributed by atoms with Crippen molar-refractivity contribution in [3.8, 4) is 0 Å². The van der Waals surface area contributed by atoms with Crippen LogP contribution in [0, 0.1) is 12.7 Å². The Morgan fingerprint density at radius 1 is 1.42 bits per heavy atom. The van der Waals surface area contributed by atoms with Crippen LogP contribution in [0.4, 0.5) is 9.52 Å². The Labute approximate surface area is 125 Å². The number of hydrogen-bond donors (Lipinski definition) is 1. The minimum atomic E-state index is -0.228. The highest BCUT2D eigenvalue weighted by atomic mass is 79.9. The molecule has 0 amide bonds. The van der Waals surface area contributed by atoms with Crippen molar-refractivity contribution in [1.82, 2.24) is 4.98 Å². The average Bonchev–Trinajstić information content (AvgIpc) is 2.67. The molecule has 5 heteroatoms. The summed E-state index contributed by atoms with van der Waals surface area (Å²) in [7, 11) is 0. The molecular weight excluding hydrogens is 327 g/mol. The summed E-state index contributed by atoms with van der Waals surface area (Å²) in [6.07, 6.45) is 0.743. The van der Waals surface area contributed by atoms with Crippen LogP contribution in [-0.2, 0) is 6.42 Å². The van der Waals surface area contributed by atoms with E-state index in [0.29, 0.717) is 15.5 Å². The Balaban J connectivity index is 2.39. The van der Waals surface area contributed by atoms with Gasteiger partial charge in [0.25, 0.3) is 0 Å². The maximum atomic E-state index is 13.4. The largest absolute Gasteiger partial charge is 0.375 e. The zero-order valence-corrected chi connectivity index (χ0v) is 13.5. The highest BCUT2D eigenvalue weighted by molar-refractivity contribution is 9.10. The van der Waals surface area contributed by atoms with Crippen molar-refractivity contribution in [2.45, 2.75) is 33.1 Å². The number of halogens is 2. The molecule has 2 nitrogen and oxygen atoms in total. The third kappa shape index (κ3) is 3.15. The van der Waals surface area contributed by atoms with E-state index in [4.69, 9.17) is 5.73 Å². The molecule has 0 saturated heterocycles. The van der Waals surface area contributed by atoms with Gasteiger partial charge in [-0.1, -0.05) is 13.8 Å². The van der Waals surface area contributed by atoms with Gasteiger partial charge in [0.2, 0.25) is 0 Å². The van der Waals surface area contributed by atoms with Gasteiger partial charge in [0.05, 0.1) is 10.2 Å². The highest BCUT2D eigenvalue weighted by Crippen LogP contribution is 2.30. The van der Waals surface area contributed by atoms with E-state index in [1.807, 2.05) is 13.0 Å². The normalized spacial score (nSPS) is 11.3. The van der Waals surface area contributed by atoms with Crippen LogP contribution in [0.2, 0.25) is 0 Å². The van der Waals surface area contributed by atoms with Crippen molar-refractivity contribution in [2.75, 3.05) is 5.73 Å². The lowest BCUT2D eigenvalue weighted by Crippen LogP contribution is -1.98. The summed E-state index contributed by atoms with van der Waals surface area (Å²) < 4.78 is 13.9. The molecule has 0 fully saturated rings. The summed E-state index contributed by atoms with van der Waals surface area (Å²) in [5.41, 5.74) is 8.89. The third-order valence-corrected chi connectivity index (χ3v) is 4.53. The minimum Gasteiger partial charge on any atom is -0.375 e. The second kappa shape index (κ2) is 5.59. The number of nitrogens with zero attached hydrogens (tertiary/aromatic N) is 1. The number of rotatable bonds is 3. The number of hydrogen-bond acceptors (Lipinski definition) is 3. The SMILES string of the molecule is Cc1cc(F)c(Br)cc1Cc1sc(N)nc1C(C)C. The third-order valence-electron chi connectivity index (χ3n) is 3.02. The number of nitrogens with two attached hydrogens (primary N) is 1. The Kier molecular flexibility index (Phi) is 4.26. The predicted molar refractivity (Wildman–Crippen MR) is 82.3 cm³/mol. The molecule has 2 aromatic rings. The molecule has 0 radical (unpaired) electrons. The van der Waals surface area contributed by atoms with E-state index >= 15 is 0 Å². The van der Waals surface area contributed by atoms with Crippen molar-refractivity contribution in [1.29, 1.82) is 0 Å². The van der Waals surface area contributed by atoms with Gasteiger partial charge < -0.3 is 5.73 Å². The Morgan fingerprint density at radius 3 is 2.74 bits per heavy atom. The zero-order chi connectivity index (χ0) is 14.2. The van der Waals surface area contributed by atoms with Gasteiger partial charge in [-0.15, -0.1) is 11.3 Å². The fourth-order valence-electron chi connectivity index (χ4n) is 2.01. The van der Waals surface area contributed by atoms with Gasteiger partial charge in [-0.2, -0.15) is 0 Å². The quantitative estimate of drug-likeness (QED) is 0.881. The van der Waals surface area contributed by atoms with Gasteiger partial charge >= 0.3 is 0 Å². The lowest BCUT2D eigenvalue weighted by atomic mass is 10.0. The number of anilines is 1. The molecule has 1 aromatic carbocycles. The molecule has 2 N–H and O–H groups in total. The highest BCUT2D eigenvalue weighted by Gasteiger charge is 2.15. The van der Waals surface area contributed by atoms with E-state index in [0.717, 1.165) is 28.1 Å². The fraction of sp³-hybridized carbons (Fsp3) is 0.357. The molecule has 0 aliphatic heterocycles. The number of nitrogen functional groups attached to an aromatic ring is 1. The van der Waals surface area contributed by atoms with Crippen LogP contribution in [-0.4, -0.2) is 4.98 Å². The molecule has 0 atom stereocenters. The molecule has 1 heterocycles. The van der Waals surface area contributed by atoms with Crippen LogP contribution in [0.3, 0.4) is 0 Å². The second-order valence-electron chi connectivity index (χ2n) is 4.88. The van der Waals surface area contributed by atoms with E-state index in [1.165, 1.54) is 11.3 Å². The number of aromatic nitrogens is 1. The molecule has 19 heavy (non-hydrogen) atoms. The number of benzene rings is 1. The maximum absolute atomic E-state index is 13.4. The smallest absolute Gasteiger partial charge is 0.180 e. The first kappa shape index (κ1) is 14.5. The molecule has 0 saturated carbocycles. The average molecular weight is 343 g/mol. The minimum absolute atomic E-state index is 0.228. The van der Waals surface area contributed by atoms with Crippen LogP contribution in [0.15, 0.2) is 16.6 Å². The number of aryl methyl sites for hydroxylation is 1. The standard InChI is InChI=1S/C14H16BrFN2S/c1-7(2)13-12(19-14(17)18-13)6-9-5-10(15)11(16)4-8(9)3/h4-5,7H,6H2,1-3H3,(H2,17,18). The first-order chi connectivity index (χ1) is 8.88. The summed E-state index contributed by atoms with van der Waals surface area (Å²) in [5.74, 6) is 0.113. The Morgan fingerprint density at radius 2 is 2.11 bits per heavy atom. The molecule has 0 aliphatic rings. The van der Waals surface area contributed by atoms with Crippen LogP contribution in [0.1, 0.15) is 41.5 Å². The summed E-state index contributed by atoms with van der Waals surface area (Å²) in [4.78, 5) is 5.55. The molecule has 2 rings (SSSR count). The van der Waals surface area contributed by atoms with Crippen molar-refractivity contribution in [3.63, 3.8) is 0 Å². The van der Waals surface area contributed by atoms with Crippen molar-refractivity contribution in [2.24, 2.45) is 0 Å². The monoisotopic (exact) mass is 342 g/mol. The summed E-state index contributed by atoms with van der Waals surface area (Å²) >= 11 is 4.75. The lowest BCUT2D eigenvalue weighted by Gasteiger charge is -2.09. The van der Waals surface area contributed by atoms with E-state index < -0.39 is 0 Å². The van der Waals surface area contributed by atoms with E-state index in [2.05, 4.69) is 34.8 Å². The fourth-order valence-corrected chi connectivity index (χ4v) is 3.41. The van der Waals surface area contributed by atoms with Crippen molar-refractivity contribution in [3.05, 3.63) is 44.1 Å². The van der Waals surface area contributed by atoms with Gasteiger partial charge in [-0.05, 0) is 52.0 Å². The van der Waals surface area contributed by atoms with Crippen molar-refractivity contribution >= 4 is 32.4 Å². The van der Waals surface area contributed by atoms with Crippen LogP contribution < -0.4 is 5.73 Å². The van der Waals surface area contributed by atoms with Crippen molar-refractivity contribution < 1.29 is 4.39 Å². The summed E-state index contributed by atoms with van der Waals surface area (Å²) in [6, 6.07) is 3.39. The number of thiazole rings is 1. The van der Waals surface area contributed by atoms with Crippen LogP contribution in [0.5, 0.6) is 0 Å². The first-order valence-corrected chi connectivity index (χ1v) is 7.69. The maximum Gasteiger partial charge on any atom is 0.180 e. The van der Waals surface area contributed by atoms with Gasteiger partial charge in [-0.25, -0.2) is 9.37 Å². The second-order valence-corrected chi connectivity index (χ2v) is 6.85. The molecular formula is C14H16BrFN2S. The molecule has 0 aliphatic carbocycles. The van der Waals surface area contributed by atoms with Gasteiger partial charge in [0.1, 0.15) is 5.82 Å². The molecule has 1 aromatic heterocycles. The predicted octanol–water partition coefficient (Wildman–Crippen LogP) is 4.65. The molecule has 0 unspecified atom stereocenters. The Bertz CT molecular complexity index is 608. The summed E-state index contributed by atoms with van der Waals surface area (Å²) in [6.45, 7) is 6.13. The van der Waals surface area contributed by atoms with Gasteiger partial charge in [-0.3, -0.25) is 0 Å². The van der Waals surface area contributed by atoms with E-state index in [-0.39, 0.29) is 5.82 Å². The van der Waals surface area contributed by atoms with Crippen LogP contribution in [0.25, 0.3) is 0 Å². The molecule has 102 valence electrons. The topological polar surface area (TPSA) is 38.9 Å². The van der Waals surface area contributed by atoms with Crippen LogP contribution >= 0.6 is 27.3 Å². The lowest BCUT2D eigenvalue weighted by molar-refractivity contribution is 0.619. The Hall–Kier alpha value is -0.940. The van der Waals surface area contributed by atoms with Gasteiger partial charge in [0, 0.05) is 11.3 Å². The van der Waals surface area contributed by atoms with Gasteiger partial charge in [0.15, 0.2) is 5.13 Å². The van der Waals surface area contributed by atoms with E-state index in [9.17, 15) is 4.39 Å². The molecule has 0 spiro atoms. The zero-order valence-electron chi connectivity index (χ0n) is 11.1. The summed E-state index contributed by atoms with van der Waals surface area (Å²) in [5, 5.41) is 0.595. The first-order valence-electron chi connectivity index (χ1n) is 6.08.